The summed E-state index contributed by atoms with van der Waals surface area (Å²) < 4.78 is 0. The average Bonchev–Trinajstić information content (AvgIpc) is 1.87. The molecule has 0 amide bonds. The minimum Gasteiger partial charge on any atom is -0.478 e. The van der Waals surface area contributed by atoms with E-state index in [4.69, 9.17) is 5.11 Å². The van der Waals surface area contributed by atoms with Gasteiger partial charge in [-0.2, -0.15) is 0 Å². The van der Waals surface area contributed by atoms with Crippen molar-refractivity contribution in [3.63, 3.8) is 0 Å². The molecule has 2 nitrogen and oxygen atoms in total. The van der Waals surface area contributed by atoms with Crippen molar-refractivity contribution in [3.8, 4) is 0 Å². The van der Waals surface area contributed by atoms with Crippen molar-refractivity contribution >= 4 is 5.97 Å². The molecule has 0 spiro atoms. The Morgan fingerprint density at radius 3 is 2.70 bits per heavy atom. The Bertz CT molecular complexity index is 116. The number of carboxylic acids is 1. The van der Waals surface area contributed by atoms with E-state index >= 15 is 0 Å². The van der Waals surface area contributed by atoms with Gasteiger partial charge in [-0.1, -0.05) is 25.8 Å². The second kappa shape index (κ2) is 6.33. The summed E-state index contributed by atoms with van der Waals surface area (Å²) in [6.45, 7) is 2.13. The fourth-order valence-electron chi connectivity index (χ4n) is 0.696. The molecule has 2 heteroatoms. The molecule has 0 saturated carbocycles. The first-order valence-corrected chi connectivity index (χ1v) is 3.67. The normalized spacial score (nSPS) is 10.5. The SMILES string of the molecule is CCCCC/C=C\C(=O)O. The first-order valence-electron chi connectivity index (χ1n) is 3.67. The van der Waals surface area contributed by atoms with Crippen LogP contribution in [0.3, 0.4) is 0 Å². The summed E-state index contributed by atoms with van der Waals surface area (Å²) in [6.07, 6.45) is 7.26. The van der Waals surface area contributed by atoms with Crippen molar-refractivity contribution in [2.24, 2.45) is 0 Å². The van der Waals surface area contributed by atoms with E-state index < -0.39 is 5.97 Å². The van der Waals surface area contributed by atoms with Gasteiger partial charge in [0.25, 0.3) is 0 Å². The van der Waals surface area contributed by atoms with E-state index in [-0.39, 0.29) is 0 Å². The molecule has 0 rings (SSSR count). The highest BCUT2D eigenvalue weighted by atomic mass is 16.4. The van der Waals surface area contributed by atoms with Crippen molar-refractivity contribution in [2.75, 3.05) is 0 Å². The lowest BCUT2D eigenvalue weighted by Crippen LogP contribution is -1.85. The molecule has 0 unspecified atom stereocenters. The second-order valence-electron chi connectivity index (χ2n) is 2.24. The molecule has 58 valence electrons. The van der Waals surface area contributed by atoms with Crippen molar-refractivity contribution in [2.45, 2.75) is 32.6 Å². The van der Waals surface area contributed by atoms with Crippen LogP contribution in [0.15, 0.2) is 12.2 Å². The third-order valence-corrected chi connectivity index (χ3v) is 1.23. The number of aliphatic carboxylic acids is 1. The minimum absolute atomic E-state index is 0.850. The largest absolute Gasteiger partial charge is 0.478 e. The quantitative estimate of drug-likeness (QED) is 0.472. The molecule has 0 aliphatic heterocycles. The molecule has 0 aromatic heterocycles. The minimum atomic E-state index is -0.850. The van der Waals surface area contributed by atoms with Crippen LogP contribution in [0.4, 0.5) is 0 Å². The van der Waals surface area contributed by atoms with Gasteiger partial charge in [0.1, 0.15) is 0 Å². The molecular weight excluding hydrogens is 128 g/mol. The van der Waals surface area contributed by atoms with Gasteiger partial charge in [0.15, 0.2) is 0 Å². The Morgan fingerprint density at radius 2 is 2.20 bits per heavy atom. The Balaban J connectivity index is 3.10. The molecular formula is C8H14O2. The molecule has 0 aliphatic rings. The molecule has 0 aromatic carbocycles. The standard InChI is InChI=1S/C8H14O2/c1-2-3-4-5-6-7-8(9)10/h6-7H,2-5H2,1H3,(H,9,10)/b7-6-. The number of unbranched alkanes of at least 4 members (excludes halogenated alkanes) is 3. The third-order valence-electron chi connectivity index (χ3n) is 1.23. The predicted octanol–water partition coefficient (Wildman–Crippen LogP) is 2.21. The Labute approximate surface area is 61.6 Å². The summed E-state index contributed by atoms with van der Waals surface area (Å²) in [5, 5.41) is 8.18. The molecule has 0 heterocycles. The van der Waals surface area contributed by atoms with Crippen LogP contribution in [-0.4, -0.2) is 11.1 Å². The van der Waals surface area contributed by atoms with Gasteiger partial charge in [0.2, 0.25) is 0 Å². The van der Waals surface area contributed by atoms with Gasteiger partial charge in [-0.25, -0.2) is 4.79 Å². The molecule has 10 heavy (non-hydrogen) atoms. The van der Waals surface area contributed by atoms with Gasteiger partial charge in [-0.05, 0) is 12.8 Å². The van der Waals surface area contributed by atoms with Crippen LogP contribution in [-0.2, 0) is 4.79 Å². The molecule has 0 radical (unpaired) electrons. The zero-order valence-corrected chi connectivity index (χ0v) is 6.34. The summed E-state index contributed by atoms with van der Waals surface area (Å²) in [5.74, 6) is -0.850. The van der Waals surface area contributed by atoms with Gasteiger partial charge in [-0.3, -0.25) is 0 Å². The van der Waals surface area contributed by atoms with Gasteiger partial charge in [0, 0.05) is 6.08 Å². The maximum absolute atomic E-state index is 9.95. The number of hydrogen-bond acceptors (Lipinski definition) is 1. The lowest BCUT2D eigenvalue weighted by molar-refractivity contribution is -0.131. The van der Waals surface area contributed by atoms with Crippen molar-refractivity contribution in [1.82, 2.24) is 0 Å². The molecule has 0 fully saturated rings. The number of carboxylic acid groups (broad SMARTS) is 1. The first-order chi connectivity index (χ1) is 4.77. The topological polar surface area (TPSA) is 37.3 Å². The van der Waals surface area contributed by atoms with E-state index in [2.05, 4.69) is 6.92 Å². The Hall–Kier alpha value is -0.790. The number of carbonyl (C=O) groups is 1. The van der Waals surface area contributed by atoms with E-state index in [0.29, 0.717) is 0 Å². The van der Waals surface area contributed by atoms with E-state index in [1.807, 2.05) is 0 Å². The summed E-state index contributed by atoms with van der Waals surface area (Å²) in [5.41, 5.74) is 0. The molecule has 0 saturated heterocycles. The summed E-state index contributed by atoms with van der Waals surface area (Å²) in [6, 6.07) is 0. The molecule has 0 aliphatic carbocycles. The van der Waals surface area contributed by atoms with Gasteiger partial charge >= 0.3 is 5.97 Å². The van der Waals surface area contributed by atoms with Gasteiger partial charge in [-0.15, -0.1) is 0 Å². The lowest BCUT2D eigenvalue weighted by atomic mass is 10.2. The smallest absolute Gasteiger partial charge is 0.327 e. The summed E-state index contributed by atoms with van der Waals surface area (Å²) >= 11 is 0. The maximum Gasteiger partial charge on any atom is 0.327 e. The van der Waals surface area contributed by atoms with Crippen LogP contribution >= 0.6 is 0 Å². The van der Waals surface area contributed by atoms with Crippen molar-refractivity contribution in [3.05, 3.63) is 12.2 Å². The third kappa shape index (κ3) is 7.21. The Kier molecular flexibility index (Phi) is 5.83. The highest BCUT2D eigenvalue weighted by molar-refractivity contribution is 5.79. The predicted molar refractivity (Wildman–Crippen MR) is 40.9 cm³/mol. The molecule has 0 aromatic rings. The van der Waals surface area contributed by atoms with E-state index in [9.17, 15) is 4.79 Å². The summed E-state index contributed by atoms with van der Waals surface area (Å²) in [4.78, 5) is 9.95. The van der Waals surface area contributed by atoms with Gasteiger partial charge in [0.05, 0.1) is 0 Å². The van der Waals surface area contributed by atoms with Crippen LogP contribution in [0.25, 0.3) is 0 Å². The second-order valence-corrected chi connectivity index (χ2v) is 2.24. The fraction of sp³-hybridized carbons (Fsp3) is 0.625. The zero-order valence-electron chi connectivity index (χ0n) is 6.34. The van der Waals surface area contributed by atoms with Crippen molar-refractivity contribution < 1.29 is 9.90 Å². The van der Waals surface area contributed by atoms with Crippen molar-refractivity contribution in [1.29, 1.82) is 0 Å². The van der Waals surface area contributed by atoms with Crippen LogP contribution in [0.1, 0.15) is 32.6 Å². The van der Waals surface area contributed by atoms with E-state index in [1.165, 1.54) is 18.9 Å². The van der Waals surface area contributed by atoms with Crippen LogP contribution < -0.4 is 0 Å². The molecule has 1 N–H and O–H groups in total. The maximum atomic E-state index is 9.95. The first kappa shape index (κ1) is 9.21. The van der Waals surface area contributed by atoms with Crippen LogP contribution in [0, 0.1) is 0 Å². The highest BCUT2D eigenvalue weighted by Crippen LogP contribution is 1.98. The van der Waals surface area contributed by atoms with Gasteiger partial charge < -0.3 is 5.11 Å². The monoisotopic (exact) mass is 142 g/mol. The number of rotatable bonds is 5. The molecule has 0 atom stereocenters. The van der Waals surface area contributed by atoms with E-state index in [1.54, 1.807) is 6.08 Å². The summed E-state index contributed by atoms with van der Waals surface area (Å²) in [7, 11) is 0. The molecule has 0 bridgehead atoms. The number of hydrogen-bond donors (Lipinski definition) is 1. The zero-order chi connectivity index (χ0) is 7.82. The fourth-order valence-corrected chi connectivity index (χ4v) is 0.696. The van der Waals surface area contributed by atoms with E-state index in [0.717, 1.165) is 12.8 Å². The average molecular weight is 142 g/mol. The number of allylic oxidation sites excluding steroid dienone is 1. The lowest BCUT2D eigenvalue weighted by Gasteiger charge is -1.89. The van der Waals surface area contributed by atoms with Crippen LogP contribution in [0.5, 0.6) is 0 Å². The highest BCUT2D eigenvalue weighted by Gasteiger charge is 1.84. The van der Waals surface area contributed by atoms with Crippen LogP contribution in [0.2, 0.25) is 0 Å². The Morgan fingerprint density at radius 1 is 1.50 bits per heavy atom.